The number of ether oxygens (including phenoxy) is 1. The van der Waals surface area contributed by atoms with Gasteiger partial charge in [0, 0.05) is 6.07 Å². The molecule has 0 saturated carbocycles. The van der Waals surface area contributed by atoms with E-state index in [9.17, 15) is 9.59 Å². The molecule has 2 N–H and O–H groups in total. The van der Waals surface area contributed by atoms with E-state index in [0.717, 1.165) is 18.4 Å². The molecular formula is C27H32O7. The molecule has 0 heterocycles. The molecule has 2 rings (SSSR count). The molecule has 34 heavy (non-hydrogen) atoms. The average molecular weight is 469 g/mol. The van der Waals surface area contributed by atoms with Crippen molar-refractivity contribution in [1.29, 1.82) is 0 Å². The largest absolute Gasteiger partial charge is 0.423 e. The van der Waals surface area contributed by atoms with Crippen LogP contribution in [0.3, 0.4) is 0 Å². The number of esters is 1. The molecule has 0 fully saturated rings. The molecule has 0 unspecified atom stereocenters. The van der Waals surface area contributed by atoms with Crippen molar-refractivity contribution < 1.29 is 34.3 Å². The lowest BCUT2D eigenvalue weighted by Crippen LogP contribution is -2.14. The van der Waals surface area contributed by atoms with Crippen LogP contribution in [0.15, 0.2) is 66.8 Å². The Morgan fingerprint density at radius 3 is 2.06 bits per heavy atom. The second kappa shape index (κ2) is 14.0. The fraction of sp³-hybridized carbons (Fsp3) is 0.333. The van der Waals surface area contributed by atoms with Crippen molar-refractivity contribution in [3.63, 3.8) is 0 Å². The maximum Gasteiger partial charge on any atom is 0.383 e. The summed E-state index contributed by atoms with van der Waals surface area (Å²) in [5, 5.41) is 18.1. The van der Waals surface area contributed by atoms with E-state index in [1.807, 2.05) is 24.3 Å². The normalized spacial score (nSPS) is 10.4. The maximum absolute atomic E-state index is 12.1. The number of hydrogen-bond donors (Lipinski definition) is 2. The topological polar surface area (TPSA) is 102 Å². The number of aryl methyl sites for hydroxylation is 1. The second-order valence-corrected chi connectivity index (χ2v) is 7.92. The summed E-state index contributed by atoms with van der Waals surface area (Å²) >= 11 is 0. The summed E-state index contributed by atoms with van der Waals surface area (Å²) < 4.78 is 5.28. The van der Waals surface area contributed by atoms with Gasteiger partial charge in [0.1, 0.15) is 5.75 Å². The van der Waals surface area contributed by atoms with Gasteiger partial charge in [-0.3, -0.25) is 4.89 Å². The van der Waals surface area contributed by atoms with Gasteiger partial charge in [0.2, 0.25) is 0 Å². The van der Waals surface area contributed by atoms with Crippen molar-refractivity contribution in [2.75, 3.05) is 13.2 Å². The van der Waals surface area contributed by atoms with Gasteiger partial charge in [0.05, 0.1) is 24.4 Å². The molecule has 0 aliphatic rings. The van der Waals surface area contributed by atoms with Crippen molar-refractivity contribution >= 4 is 11.9 Å². The Morgan fingerprint density at radius 1 is 0.794 bits per heavy atom. The molecule has 0 spiro atoms. The highest BCUT2D eigenvalue weighted by molar-refractivity contribution is 5.90. The van der Waals surface area contributed by atoms with Crippen molar-refractivity contribution in [2.45, 2.75) is 45.4 Å². The van der Waals surface area contributed by atoms with E-state index in [1.165, 1.54) is 37.3 Å². The Bertz CT molecular complexity index is 993. The summed E-state index contributed by atoms with van der Waals surface area (Å²) in [5.74, 6) is -1.52. The number of aliphatic hydroxyl groups excluding tert-OH is 2. The van der Waals surface area contributed by atoms with Crippen LogP contribution in [0.5, 0.6) is 11.5 Å². The fourth-order valence-electron chi connectivity index (χ4n) is 3.10. The Kier molecular flexibility index (Phi) is 11.0. The summed E-state index contributed by atoms with van der Waals surface area (Å²) in [5.41, 5.74) is 2.44. The highest BCUT2D eigenvalue weighted by Crippen LogP contribution is 2.31. The Hall–Kier alpha value is -3.42. The van der Waals surface area contributed by atoms with Crippen LogP contribution < -0.4 is 9.62 Å². The number of carbonyl (C=O) groups excluding carboxylic acids is 2. The third-order valence-corrected chi connectivity index (χ3v) is 5.12. The van der Waals surface area contributed by atoms with Crippen LogP contribution in [0.25, 0.3) is 11.1 Å². The first kappa shape index (κ1) is 26.8. The molecule has 2 aromatic carbocycles. The smallest absolute Gasteiger partial charge is 0.383 e. The zero-order chi connectivity index (χ0) is 24.9. The van der Waals surface area contributed by atoms with Crippen LogP contribution in [0, 0.1) is 0 Å². The first-order valence-corrected chi connectivity index (χ1v) is 11.3. The van der Waals surface area contributed by atoms with Gasteiger partial charge in [-0.1, -0.05) is 70.0 Å². The van der Waals surface area contributed by atoms with Crippen LogP contribution in [0.1, 0.15) is 44.6 Å². The standard InChI is InChI=1S/C27H32O7/c1-4-5-6-7-8-9-21-10-12-22(13-11-21)23-14-24(32-26(30)19(2)17-28)16-25(15-23)33-34-27(31)20(3)18-29/h10-16,28-29H,2-9,17-18H2,1H3. The molecule has 0 amide bonds. The number of benzene rings is 2. The molecule has 2 aromatic rings. The Balaban J connectivity index is 2.20. The van der Waals surface area contributed by atoms with Gasteiger partial charge >= 0.3 is 11.9 Å². The first-order valence-electron chi connectivity index (χ1n) is 11.3. The minimum atomic E-state index is -0.927. The maximum atomic E-state index is 12.1. The van der Waals surface area contributed by atoms with Crippen LogP contribution in [0.4, 0.5) is 0 Å². The van der Waals surface area contributed by atoms with Crippen molar-refractivity contribution in [2.24, 2.45) is 0 Å². The van der Waals surface area contributed by atoms with Gasteiger partial charge in [-0.25, -0.2) is 14.5 Å². The predicted octanol–water partition coefficient (Wildman–Crippen LogP) is 4.71. The second-order valence-electron chi connectivity index (χ2n) is 7.92. The monoisotopic (exact) mass is 468 g/mol. The van der Waals surface area contributed by atoms with Gasteiger partial charge in [-0.05, 0) is 41.7 Å². The predicted molar refractivity (Wildman–Crippen MR) is 129 cm³/mol. The van der Waals surface area contributed by atoms with E-state index in [4.69, 9.17) is 24.7 Å². The third kappa shape index (κ3) is 8.50. The molecule has 0 aromatic heterocycles. The lowest BCUT2D eigenvalue weighted by Gasteiger charge is -2.11. The van der Waals surface area contributed by atoms with Crippen molar-refractivity contribution in [3.8, 4) is 22.6 Å². The van der Waals surface area contributed by atoms with E-state index in [0.29, 0.717) is 5.56 Å². The lowest BCUT2D eigenvalue weighted by atomic mass is 10.0. The van der Waals surface area contributed by atoms with E-state index in [2.05, 4.69) is 20.1 Å². The zero-order valence-electron chi connectivity index (χ0n) is 19.5. The third-order valence-electron chi connectivity index (χ3n) is 5.12. The molecule has 0 saturated heterocycles. The number of carbonyl (C=O) groups is 2. The zero-order valence-corrected chi connectivity index (χ0v) is 19.5. The molecule has 0 bridgehead atoms. The number of hydrogen-bond acceptors (Lipinski definition) is 7. The van der Waals surface area contributed by atoms with Gasteiger partial charge in [-0.15, -0.1) is 0 Å². The summed E-state index contributed by atoms with van der Waals surface area (Å²) in [6.07, 6.45) is 7.09. The van der Waals surface area contributed by atoms with Crippen LogP contribution >= 0.6 is 0 Å². The summed E-state index contributed by atoms with van der Waals surface area (Å²) in [6, 6.07) is 12.6. The highest BCUT2D eigenvalue weighted by Gasteiger charge is 2.14. The SMILES string of the molecule is C=C(CO)C(=O)OOc1cc(OC(=O)C(=C)CO)cc(-c2ccc(CCCCCCC)cc2)c1. The first-order chi connectivity index (χ1) is 16.4. The van der Waals surface area contributed by atoms with Crippen molar-refractivity contribution in [3.05, 3.63) is 72.3 Å². The van der Waals surface area contributed by atoms with Crippen LogP contribution in [-0.4, -0.2) is 35.4 Å². The molecular weight excluding hydrogens is 436 g/mol. The summed E-state index contributed by atoms with van der Waals surface area (Å²) in [4.78, 5) is 33.6. The number of rotatable bonds is 14. The summed E-state index contributed by atoms with van der Waals surface area (Å²) in [6.45, 7) is 7.91. The molecule has 0 aliphatic carbocycles. The minimum absolute atomic E-state index is 0.0917. The molecule has 182 valence electrons. The van der Waals surface area contributed by atoms with Gasteiger partial charge < -0.3 is 14.9 Å². The fourth-order valence-corrected chi connectivity index (χ4v) is 3.10. The minimum Gasteiger partial charge on any atom is -0.423 e. The number of unbranched alkanes of at least 4 members (excludes halogenated alkanes) is 4. The van der Waals surface area contributed by atoms with Crippen molar-refractivity contribution in [1.82, 2.24) is 0 Å². The molecule has 0 aliphatic heterocycles. The van der Waals surface area contributed by atoms with E-state index in [1.54, 1.807) is 12.1 Å². The van der Waals surface area contributed by atoms with Crippen LogP contribution in [0.2, 0.25) is 0 Å². The van der Waals surface area contributed by atoms with E-state index in [-0.39, 0.29) is 22.6 Å². The Labute approximate surface area is 200 Å². The number of aliphatic hydroxyl groups is 2. The molecule has 0 atom stereocenters. The highest BCUT2D eigenvalue weighted by atomic mass is 17.2. The van der Waals surface area contributed by atoms with Gasteiger partial charge in [-0.2, -0.15) is 0 Å². The van der Waals surface area contributed by atoms with Crippen LogP contribution in [-0.2, 0) is 20.9 Å². The quantitative estimate of drug-likeness (QED) is 0.103. The molecule has 0 radical (unpaired) electrons. The summed E-state index contributed by atoms with van der Waals surface area (Å²) in [7, 11) is 0. The Morgan fingerprint density at radius 2 is 1.41 bits per heavy atom. The lowest BCUT2D eigenvalue weighted by molar-refractivity contribution is -0.209. The van der Waals surface area contributed by atoms with E-state index < -0.39 is 25.2 Å². The van der Waals surface area contributed by atoms with Gasteiger partial charge in [0.15, 0.2) is 5.75 Å². The molecule has 7 heteroatoms. The molecule has 7 nitrogen and oxygen atoms in total. The average Bonchev–Trinajstić information content (AvgIpc) is 2.86. The van der Waals surface area contributed by atoms with Gasteiger partial charge in [0.25, 0.3) is 0 Å². The van der Waals surface area contributed by atoms with E-state index >= 15 is 0 Å².